The molecular weight excluding hydrogens is 299 g/mol. The van der Waals surface area contributed by atoms with Gasteiger partial charge in [0.1, 0.15) is 11.9 Å². The molecule has 1 heterocycles. The average molecular weight is 313 g/mol. The van der Waals surface area contributed by atoms with Crippen LogP contribution in [0, 0.1) is 5.82 Å². The largest absolute Gasteiger partial charge is 0.382 e. The quantitative estimate of drug-likeness (QED) is 0.941. The van der Waals surface area contributed by atoms with Gasteiger partial charge in [-0.15, -0.1) is 0 Å². The third-order valence-corrected chi connectivity index (χ3v) is 3.21. The monoisotopic (exact) mass is 312 g/mol. The molecule has 1 aromatic heterocycles. The Labute approximate surface area is 113 Å². The zero-order valence-corrected chi connectivity index (χ0v) is 11.6. The fraction of sp³-hybridized carbons (Fsp3) is 0.308. The highest BCUT2D eigenvalue weighted by Crippen LogP contribution is 2.26. The Morgan fingerprint density at radius 3 is 2.94 bits per heavy atom. The summed E-state index contributed by atoms with van der Waals surface area (Å²) in [7, 11) is 0. The fourth-order valence-corrected chi connectivity index (χ4v) is 2.24. The highest BCUT2D eigenvalue weighted by Gasteiger charge is 2.18. The molecule has 0 saturated carbocycles. The zero-order chi connectivity index (χ0) is 13.1. The molecule has 0 saturated heterocycles. The number of aliphatic hydroxyl groups is 1. The van der Waals surface area contributed by atoms with Crippen molar-refractivity contribution in [1.29, 1.82) is 0 Å². The molecule has 1 atom stereocenters. The van der Waals surface area contributed by atoms with Crippen molar-refractivity contribution in [2.24, 2.45) is 0 Å². The molecule has 1 unspecified atom stereocenters. The van der Waals surface area contributed by atoms with Gasteiger partial charge < -0.3 is 5.11 Å². The van der Waals surface area contributed by atoms with Crippen LogP contribution in [-0.4, -0.2) is 14.9 Å². The van der Waals surface area contributed by atoms with Gasteiger partial charge in [-0.3, -0.25) is 4.68 Å². The molecule has 2 aromatic rings. The van der Waals surface area contributed by atoms with Gasteiger partial charge in [0.15, 0.2) is 0 Å². The molecule has 2 rings (SSSR count). The van der Waals surface area contributed by atoms with Crippen LogP contribution in [0.2, 0.25) is 0 Å². The first-order chi connectivity index (χ1) is 8.63. The molecule has 0 bridgehead atoms. The second-order valence-corrected chi connectivity index (χ2v) is 4.96. The minimum atomic E-state index is -1.00. The topological polar surface area (TPSA) is 38.0 Å². The molecule has 5 heteroatoms. The number of nitrogens with zero attached hydrogens (tertiary/aromatic N) is 2. The van der Waals surface area contributed by atoms with E-state index < -0.39 is 11.9 Å². The second-order valence-electron chi connectivity index (χ2n) is 4.05. The third-order valence-electron chi connectivity index (χ3n) is 2.72. The Bertz CT molecular complexity index is 542. The molecule has 0 fully saturated rings. The number of aliphatic hydroxyl groups excluding tert-OH is 1. The Morgan fingerprint density at radius 1 is 1.44 bits per heavy atom. The number of aromatic nitrogens is 2. The minimum absolute atomic E-state index is 0.252. The van der Waals surface area contributed by atoms with Crippen molar-refractivity contribution in [3.05, 3.63) is 52.0 Å². The van der Waals surface area contributed by atoms with Crippen LogP contribution in [0.1, 0.15) is 30.7 Å². The van der Waals surface area contributed by atoms with E-state index in [1.165, 1.54) is 6.07 Å². The van der Waals surface area contributed by atoms with Gasteiger partial charge in [-0.05, 0) is 30.7 Å². The number of aryl methyl sites for hydroxylation is 1. The van der Waals surface area contributed by atoms with Gasteiger partial charge in [-0.25, -0.2) is 4.39 Å². The highest BCUT2D eigenvalue weighted by atomic mass is 79.9. The Morgan fingerprint density at radius 2 is 2.22 bits per heavy atom. The molecule has 3 nitrogen and oxygen atoms in total. The van der Waals surface area contributed by atoms with Gasteiger partial charge in [0.2, 0.25) is 0 Å². The van der Waals surface area contributed by atoms with Gasteiger partial charge in [0.25, 0.3) is 0 Å². The van der Waals surface area contributed by atoms with Crippen LogP contribution >= 0.6 is 15.9 Å². The molecule has 0 aliphatic rings. The smallest absolute Gasteiger partial charge is 0.129 e. The van der Waals surface area contributed by atoms with Crippen molar-refractivity contribution in [2.45, 2.75) is 26.0 Å². The number of halogens is 2. The van der Waals surface area contributed by atoms with Crippen LogP contribution < -0.4 is 0 Å². The van der Waals surface area contributed by atoms with E-state index in [-0.39, 0.29) is 5.56 Å². The van der Waals surface area contributed by atoms with Crippen molar-refractivity contribution in [2.75, 3.05) is 0 Å². The van der Waals surface area contributed by atoms with Crippen LogP contribution in [0.3, 0.4) is 0 Å². The lowest BCUT2D eigenvalue weighted by atomic mass is 10.1. The van der Waals surface area contributed by atoms with Gasteiger partial charge >= 0.3 is 0 Å². The van der Waals surface area contributed by atoms with Crippen molar-refractivity contribution in [3.8, 4) is 0 Å². The lowest BCUT2D eigenvalue weighted by Crippen LogP contribution is -2.11. The lowest BCUT2D eigenvalue weighted by molar-refractivity contribution is 0.202. The summed E-state index contributed by atoms with van der Waals surface area (Å²) in [4.78, 5) is 0. The zero-order valence-electron chi connectivity index (χ0n) is 9.98. The fourth-order valence-electron chi connectivity index (χ4n) is 1.86. The van der Waals surface area contributed by atoms with Crippen LogP contribution in [0.15, 0.2) is 34.9 Å². The lowest BCUT2D eigenvalue weighted by Gasteiger charge is -2.14. The van der Waals surface area contributed by atoms with E-state index >= 15 is 0 Å². The van der Waals surface area contributed by atoms with Crippen LogP contribution in [0.4, 0.5) is 4.39 Å². The molecule has 96 valence electrons. The van der Waals surface area contributed by atoms with E-state index in [1.54, 1.807) is 29.1 Å². The number of hydrogen-bond acceptors (Lipinski definition) is 2. The minimum Gasteiger partial charge on any atom is -0.382 e. The molecule has 0 amide bonds. The SMILES string of the molecule is CCCn1nccc1C(O)c1cc(Br)ccc1F. The summed E-state index contributed by atoms with van der Waals surface area (Å²) in [5, 5.41) is 14.4. The summed E-state index contributed by atoms with van der Waals surface area (Å²) in [5.74, 6) is -0.421. The van der Waals surface area contributed by atoms with Crippen molar-refractivity contribution in [1.82, 2.24) is 9.78 Å². The molecule has 0 aliphatic heterocycles. The Hall–Kier alpha value is -1.20. The highest BCUT2D eigenvalue weighted by molar-refractivity contribution is 9.10. The standard InChI is InChI=1S/C13H14BrFN2O/c1-2-7-17-12(5-6-16-17)13(18)10-8-9(14)3-4-11(10)15/h3-6,8,13,18H,2,7H2,1H3. The van der Waals surface area contributed by atoms with E-state index in [4.69, 9.17) is 0 Å². The summed E-state index contributed by atoms with van der Waals surface area (Å²) in [5.41, 5.74) is 0.857. The van der Waals surface area contributed by atoms with Crippen LogP contribution in [0.5, 0.6) is 0 Å². The van der Waals surface area contributed by atoms with Gasteiger partial charge in [-0.1, -0.05) is 22.9 Å². The predicted octanol–water partition coefficient (Wildman–Crippen LogP) is 3.28. The maximum Gasteiger partial charge on any atom is 0.129 e. The van der Waals surface area contributed by atoms with Crippen molar-refractivity contribution in [3.63, 3.8) is 0 Å². The molecule has 0 aliphatic carbocycles. The van der Waals surface area contributed by atoms with E-state index in [0.29, 0.717) is 12.2 Å². The molecule has 18 heavy (non-hydrogen) atoms. The summed E-state index contributed by atoms with van der Waals surface area (Å²) >= 11 is 3.28. The number of rotatable bonds is 4. The normalized spacial score (nSPS) is 12.7. The van der Waals surface area contributed by atoms with Gasteiger partial charge in [0, 0.05) is 22.8 Å². The first-order valence-electron chi connectivity index (χ1n) is 5.78. The molecule has 0 radical (unpaired) electrons. The number of hydrogen-bond donors (Lipinski definition) is 1. The van der Waals surface area contributed by atoms with Crippen LogP contribution in [-0.2, 0) is 6.54 Å². The van der Waals surface area contributed by atoms with Gasteiger partial charge in [0.05, 0.1) is 5.69 Å². The predicted molar refractivity (Wildman–Crippen MR) is 70.7 cm³/mol. The molecular formula is C13H14BrFN2O. The molecule has 0 spiro atoms. The van der Waals surface area contributed by atoms with E-state index in [9.17, 15) is 9.50 Å². The Kier molecular flexibility index (Phi) is 4.14. The molecule has 1 aromatic carbocycles. The second kappa shape index (κ2) is 5.63. The average Bonchev–Trinajstić information content (AvgIpc) is 2.80. The van der Waals surface area contributed by atoms with Crippen molar-refractivity contribution >= 4 is 15.9 Å². The van der Waals surface area contributed by atoms with Crippen molar-refractivity contribution < 1.29 is 9.50 Å². The maximum atomic E-state index is 13.7. The summed E-state index contributed by atoms with van der Waals surface area (Å²) < 4.78 is 16.2. The maximum absolute atomic E-state index is 13.7. The number of benzene rings is 1. The summed E-state index contributed by atoms with van der Waals surface area (Å²) in [6.45, 7) is 2.73. The van der Waals surface area contributed by atoms with E-state index in [0.717, 1.165) is 10.9 Å². The summed E-state index contributed by atoms with van der Waals surface area (Å²) in [6, 6.07) is 6.24. The molecule has 1 N–H and O–H groups in total. The van der Waals surface area contributed by atoms with E-state index in [1.807, 2.05) is 6.92 Å². The summed E-state index contributed by atoms with van der Waals surface area (Å²) in [6.07, 6.45) is 1.52. The first-order valence-corrected chi connectivity index (χ1v) is 6.57. The van der Waals surface area contributed by atoms with E-state index in [2.05, 4.69) is 21.0 Å². The first kappa shape index (κ1) is 13.2. The third kappa shape index (κ3) is 2.62. The Balaban J connectivity index is 2.38. The van der Waals surface area contributed by atoms with Gasteiger partial charge in [-0.2, -0.15) is 5.10 Å². The van der Waals surface area contributed by atoms with Crippen LogP contribution in [0.25, 0.3) is 0 Å².